The molecule has 7 heteroatoms. The van der Waals surface area contributed by atoms with Gasteiger partial charge in [-0.3, -0.25) is 4.79 Å². The quantitative estimate of drug-likeness (QED) is 0.661. The van der Waals surface area contributed by atoms with Gasteiger partial charge in [0.1, 0.15) is 11.6 Å². The highest BCUT2D eigenvalue weighted by molar-refractivity contribution is 6.30. The Morgan fingerprint density at radius 1 is 1.14 bits per heavy atom. The average molecular weight is 398 g/mol. The van der Waals surface area contributed by atoms with E-state index in [-0.39, 0.29) is 11.6 Å². The van der Waals surface area contributed by atoms with Gasteiger partial charge in [0, 0.05) is 34.6 Å². The number of nitrogens with one attached hydrogen (secondary N) is 2. The van der Waals surface area contributed by atoms with Crippen molar-refractivity contribution in [3.8, 4) is 11.4 Å². The average Bonchev–Trinajstić information content (AvgIpc) is 2.67. The van der Waals surface area contributed by atoms with Gasteiger partial charge in [-0.2, -0.15) is 0 Å². The van der Waals surface area contributed by atoms with Crippen LogP contribution in [0.3, 0.4) is 0 Å². The zero-order valence-electron chi connectivity index (χ0n) is 16.5. The summed E-state index contributed by atoms with van der Waals surface area (Å²) in [4.78, 5) is 25.8. The van der Waals surface area contributed by atoms with Gasteiger partial charge < -0.3 is 15.2 Å². The summed E-state index contributed by atoms with van der Waals surface area (Å²) >= 11 is 6.00. The minimum atomic E-state index is -0.124. The Bertz CT molecular complexity index is 997. The third-order valence-electron chi connectivity index (χ3n) is 4.79. The summed E-state index contributed by atoms with van der Waals surface area (Å²) in [6.45, 7) is 4.29. The summed E-state index contributed by atoms with van der Waals surface area (Å²) in [5.74, 6) is 1.29. The predicted octanol–water partition coefficient (Wildman–Crippen LogP) is 3.82. The number of H-pyrrole nitrogens is 1. The van der Waals surface area contributed by atoms with Gasteiger partial charge in [0.25, 0.3) is 5.56 Å². The molecular formula is C21H24ClN5O. The molecule has 1 aromatic carbocycles. The molecule has 146 valence electrons. The first kappa shape index (κ1) is 20.0. The van der Waals surface area contributed by atoms with Crippen molar-refractivity contribution in [3.05, 3.63) is 74.8 Å². The van der Waals surface area contributed by atoms with Gasteiger partial charge in [-0.15, -0.1) is 0 Å². The molecule has 0 fully saturated rings. The third-order valence-corrected chi connectivity index (χ3v) is 5.04. The summed E-state index contributed by atoms with van der Waals surface area (Å²) in [6, 6.07) is 11.8. The molecule has 3 aromatic rings. The number of halogens is 1. The predicted molar refractivity (Wildman–Crippen MR) is 114 cm³/mol. The fourth-order valence-corrected chi connectivity index (χ4v) is 3.03. The second kappa shape index (κ2) is 8.54. The fraction of sp³-hybridized carbons (Fsp3) is 0.286. The standard InChI is InChI=1S/C21H24ClN5O/c1-13-14(2)25-20(26-21(13)28)16-7-10-19(23-11-16)24-12-18(27(3)4)15-5-8-17(22)9-6-15/h5-11,18H,12H2,1-4H3,(H,23,24)(H,25,26,28). The van der Waals surface area contributed by atoms with E-state index in [2.05, 4.69) is 25.2 Å². The van der Waals surface area contributed by atoms with Crippen LogP contribution in [0.5, 0.6) is 0 Å². The topological polar surface area (TPSA) is 73.9 Å². The van der Waals surface area contributed by atoms with Crippen LogP contribution in [-0.4, -0.2) is 40.5 Å². The van der Waals surface area contributed by atoms with Crippen LogP contribution in [0.1, 0.15) is 22.9 Å². The van der Waals surface area contributed by atoms with Gasteiger partial charge >= 0.3 is 0 Å². The number of aryl methyl sites for hydroxylation is 1. The van der Waals surface area contributed by atoms with Crippen molar-refractivity contribution in [1.29, 1.82) is 0 Å². The number of anilines is 1. The smallest absolute Gasteiger partial charge is 0.254 e. The maximum absolute atomic E-state index is 12.0. The zero-order valence-corrected chi connectivity index (χ0v) is 17.2. The molecule has 0 aliphatic carbocycles. The highest BCUT2D eigenvalue weighted by Gasteiger charge is 2.14. The number of hydrogen-bond acceptors (Lipinski definition) is 5. The number of benzene rings is 1. The van der Waals surface area contributed by atoms with Crippen molar-refractivity contribution >= 4 is 17.4 Å². The summed E-state index contributed by atoms with van der Waals surface area (Å²) < 4.78 is 0. The van der Waals surface area contributed by atoms with Gasteiger partial charge in [0.2, 0.25) is 0 Å². The molecule has 1 atom stereocenters. The van der Waals surface area contributed by atoms with E-state index >= 15 is 0 Å². The number of nitrogens with zero attached hydrogens (tertiary/aromatic N) is 3. The molecule has 0 aliphatic heterocycles. The third kappa shape index (κ3) is 4.58. The Kier molecular flexibility index (Phi) is 6.11. The summed E-state index contributed by atoms with van der Waals surface area (Å²) in [5, 5.41) is 4.10. The summed E-state index contributed by atoms with van der Waals surface area (Å²) in [7, 11) is 4.08. The molecule has 28 heavy (non-hydrogen) atoms. The Morgan fingerprint density at radius 2 is 1.86 bits per heavy atom. The SMILES string of the molecule is Cc1nc(-c2ccc(NCC(c3ccc(Cl)cc3)N(C)C)nc2)[nH]c(=O)c1C. The molecule has 2 heterocycles. The minimum Gasteiger partial charge on any atom is -0.368 e. The lowest BCUT2D eigenvalue weighted by Crippen LogP contribution is -2.27. The van der Waals surface area contributed by atoms with Crippen molar-refractivity contribution < 1.29 is 0 Å². The van der Waals surface area contributed by atoms with E-state index in [1.54, 1.807) is 13.1 Å². The zero-order chi connectivity index (χ0) is 20.3. The van der Waals surface area contributed by atoms with E-state index in [9.17, 15) is 4.79 Å². The van der Waals surface area contributed by atoms with Crippen LogP contribution in [0.2, 0.25) is 5.02 Å². The van der Waals surface area contributed by atoms with Crippen LogP contribution >= 0.6 is 11.6 Å². The second-order valence-electron chi connectivity index (χ2n) is 6.97. The van der Waals surface area contributed by atoms with Crippen molar-refractivity contribution in [1.82, 2.24) is 19.9 Å². The van der Waals surface area contributed by atoms with Gasteiger partial charge in [-0.05, 0) is 57.8 Å². The highest BCUT2D eigenvalue weighted by Crippen LogP contribution is 2.22. The van der Waals surface area contributed by atoms with E-state index < -0.39 is 0 Å². The first-order valence-electron chi connectivity index (χ1n) is 9.05. The Morgan fingerprint density at radius 3 is 2.43 bits per heavy atom. The largest absolute Gasteiger partial charge is 0.368 e. The molecule has 0 saturated heterocycles. The molecule has 2 aromatic heterocycles. The monoisotopic (exact) mass is 397 g/mol. The number of rotatable bonds is 6. The normalized spacial score (nSPS) is 12.2. The summed E-state index contributed by atoms with van der Waals surface area (Å²) in [6.07, 6.45) is 1.71. The lowest BCUT2D eigenvalue weighted by molar-refractivity contribution is 0.311. The molecule has 0 aliphatic rings. The second-order valence-corrected chi connectivity index (χ2v) is 7.41. The van der Waals surface area contributed by atoms with Crippen molar-refractivity contribution in [2.45, 2.75) is 19.9 Å². The molecule has 0 radical (unpaired) electrons. The van der Waals surface area contributed by atoms with Crippen LogP contribution in [0.4, 0.5) is 5.82 Å². The Balaban J connectivity index is 1.73. The molecule has 6 nitrogen and oxygen atoms in total. The molecule has 0 amide bonds. The van der Waals surface area contributed by atoms with E-state index in [1.807, 2.05) is 57.4 Å². The first-order valence-corrected chi connectivity index (χ1v) is 9.42. The van der Waals surface area contributed by atoms with E-state index in [0.717, 1.165) is 22.1 Å². The molecule has 2 N–H and O–H groups in total. The lowest BCUT2D eigenvalue weighted by Gasteiger charge is -2.25. The van der Waals surface area contributed by atoms with Crippen molar-refractivity contribution in [2.75, 3.05) is 26.0 Å². The minimum absolute atomic E-state index is 0.124. The number of likely N-dealkylation sites (N-methyl/N-ethyl adjacent to an activating group) is 1. The fourth-order valence-electron chi connectivity index (χ4n) is 2.91. The van der Waals surface area contributed by atoms with Crippen LogP contribution in [-0.2, 0) is 0 Å². The first-order chi connectivity index (χ1) is 13.3. The van der Waals surface area contributed by atoms with Gasteiger partial charge in [-0.1, -0.05) is 23.7 Å². The number of aromatic amines is 1. The van der Waals surface area contributed by atoms with E-state index in [1.165, 1.54) is 5.56 Å². The molecule has 0 saturated carbocycles. The molecule has 0 bridgehead atoms. The molecule has 1 unspecified atom stereocenters. The Labute approximate surface area is 169 Å². The van der Waals surface area contributed by atoms with Gasteiger partial charge in [0.05, 0.1) is 6.04 Å². The van der Waals surface area contributed by atoms with Crippen LogP contribution in [0.15, 0.2) is 47.4 Å². The van der Waals surface area contributed by atoms with Gasteiger partial charge in [0.15, 0.2) is 0 Å². The molecular weight excluding hydrogens is 374 g/mol. The summed E-state index contributed by atoms with van der Waals surface area (Å²) in [5.41, 5.74) is 3.18. The molecule has 3 rings (SSSR count). The van der Waals surface area contributed by atoms with Crippen LogP contribution in [0.25, 0.3) is 11.4 Å². The number of aromatic nitrogens is 3. The maximum atomic E-state index is 12.0. The van der Waals surface area contributed by atoms with Crippen LogP contribution in [0, 0.1) is 13.8 Å². The lowest BCUT2D eigenvalue weighted by atomic mass is 10.1. The van der Waals surface area contributed by atoms with E-state index in [4.69, 9.17) is 11.6 Å². The molecule has 0 spiro atoms. The van der Waals surface area contributed by atoms with E-state index in [0.29, 0.717) is 17.9 Å². The Hall–Kier alpha value is -2.70. The van der Waals surface area contributed by atoms with Gasteiger partial charge in [-0.25, -0.2) is 9.97 Å². The van der Waals surface area contributed by atoms with Crippen LogP contribution < -0.4 is 10.9 Å². The number of hydrogen-bond donors (Lipinski definition) is 2. The van der Waals surface area contributed by atoms with Crippen molar-refractivity contribution in [3.63, 3.8) is 0 Å². The number of pyridine rings is 1. The maximum Gasteiger partial charge on any atom is 0.254 e. The van der Waals surface area contributed by atoms with Crippen molar-refractivity contribution in [2.24, 2.45) is 0 Å². The highest BCUT2D eigenvalue weighted by atomic mass is 35.5.